The van der Waals surface area contributed by atoms with Crippen molar-refractivity contribution < 1.29 is 8.83 Å². The lowest BCUT2D eigenvalue weighted by atomic mass is 10.0. The number of hydrogen-bond donors (Lipinski definition) is 0. The topological polar surface area (TPSA) is 82.8 Å². The molecule has 7 nitrogen and oxygen atoms in total. The second-order valence-electron chi connectivity index (χ2n) is 10.4. The van der Waals surface area contributed by atoms with Gasteiger partial charge in [-0.2, -0.15) is 0 Å². The number of hydrogen-bond acceptors (Lipinski definition) is 7. The van der Waals surface area contributed by atoms with Crippen LogP contribution in [0.1, 0.15) is 0 Å². The Morgan fingerprint density at radius 1 is 0.591 bits per heavy atom. The normalized spacial score (nSPS) is 11.6. The summed E-state index contributed by atoms with van der Waals surface area (Å²) >= 11 is 1.69. The van der Waals surface area contributed by atoms with Crippen LogP contribution in [-0.4, -0.2) is 24.5 Å². The molecular formula is C36H21N5O2S. The third-order valence-corrected chi connectivity index (χ3v) is 8.93. The monoisotopic (exact) mass is 587 g/mol. The molecule has 5 aromatic heterocycles. The molecule has 4 aromatic carbocycles. The highest BCUT2D eigenvalue weighted by Gasteiger charge is 2.21. The summed E-state index contributed by atoms with van der Waals surface area (Å²) in [6, 6.07) is 33.3. The fourth-order valence-electron chi connectivity index (χ4n) is 5.86. The minimum atomic E-state index is 0.543. The van der Waals surface area contributed by atoms with Crippen LogP contribution < -0.4 is 0 Å². The predicted molar refractivity (Wildman–Crippen MR) is 174 cm³/mol. The van der Waals surface area contributed by atoms with Crippen LogP contribution in [-0.2, 0) is 0 Å². The van der Waals surface area contributed by atoms with E-state index in [9.17, 15) is 0 Å². The molecule has 0 spiro atoms. The quantitative estimate of drug-likeness (QED) is 0.199. The smallest absolute Gasteiger partial charge is 0.227 e. The van der Waals surface area contributed by atoms with E-state index in [0.29, 0.717) is 11.8 Å². The summed E-state index contributed by atoms with van der Waals surface area (Å²) in [4.78, 5) is 18.5. The van der Waals surface area contributed by atoms with Crippen LogP contribution >= 0.6 is 11.3 Å². The molecule has 0 saturated heterocycles. The van der Waals surface area contributed by atoms with E-state index in [4.69, 9.17) is 13.8 Å². The van der Waals surface area contributed by atoms with Crippen LogP contribution in [0.5, 0.6) is 0 Å². The molecule has 0 radical (unpaired) electrons. The third kappa shape index (κ3) is 3.96. The molecule has 208 valence electrons. The number of aromatic nitrogens is 5. The zero-order valence-corrected chi connectivity index (χ0v) is 23.9. The molecule has 0 aliphatic carbocycles. The first-order chi connectivity index (χ1) is 21.8. The number of benzene rings is 4. The van der Waals surface area contributed by atoms with Crippen LogP contribution in [0.2, 0.25) is 0 Å². The summed E-state index contributed by atoms with van der Waals surface area (Å²) < 4.78 is 15.0. The Kier molecular flexibility index (Phi) is 5.54. The van der Waals surface area contributed by atoms with Crippen LogP contribution in [0.25, 0.3) is 82.4 Å². The fourth-order valence-corrected chi connectivity index (χ4v) is 6.82. The van der Waals surface area contributed by atoms with Crippen molar-refractivity contribution in [2.45, 2.75) is 0 Å². The lowest BCUT2D eigenvalue weighted by molar-refractivity contribution is 0.574. The molecule has 0 aliphatic rings. The van der Waals surface area contributed by atoms with Gasteiger partial charge in [0.1, 0.15) is 17.5 Å². The maximum Gasteiger partial charge on any atom is 0.227 e. The molecule has 0 fully saturated rings. The highest BCUT2D eigenvalue weighted by molar-refractivity contribution is 7.21. The van der Waals surface area contributed by atoms with Crippen molar-refractivity contribution in [1.82, 2.24) is 24.5 Å². The van der Waals surface area contributed by atoms with E-state index in [2.05, 4.69) is 86.2 Å². The summed E-state index contributed by atoms with van der Waals surface area (Å²) in [5, 5.41) is 3.15. The molecule has 9 aromatic rings. The number of pyridine rings is 1. The van der Waals surface area contributed by atoms with Crippen LogP contribution in [0, 0.1) is 0 Å². The van der Waals surface area contributed by atoms with Crippen molar-refractivity contribution in [3.63, 3.8) is 0 Å². The zero-order valence-electron chi connectivity index (χ0n) is 23.1. The largest absolute Gasteiger partial charge is 0.445 e. The first-order valence-electron chi connectivity index (χ1n) is 14.1. The molecular weight excluding hydrogens is 566 g/mol. The summed E-state index contributed by atoms with van der Waals surface area (Å²) in [7, 11) is 0. The van der Waals surface area contributed by atoms with Gasteiger partial charge in [-0.25, -0.2) is 15.0 Å². The Morgan fingerprint density at radius 2 is 1.41 bits per heavy atom. The minimum Gasteiger partial charge on any atom is -0.445 e. The number of fused-ring (bicyclic) bond motifs is 4. The molecule has 8 heteroatoms. The molecule has 0 atom stereocenters. The van der Waals surface area contributed by atoms with Gasteiger partial charge >= 0.3 is 0 Å². The summed E-state index contributed by atoms with van der Waals surface area (Å²) in [6.45, 7) is 0. The Labute approximate surface area is 254 Å². The van der Waals surface area contributed by atoms with Gasteiger partial charge in [-0.1, -0.05) is 36.4 Å². The number of thiazole rings is 1. The van der Waals surface area contributed by atoms with Crippen molar-refractivity contribution in [1.29, 1.82) is 0 Å². The lowest BCUT2D eigenvalue weighted by Crippen LogP contribution is -1.99. The molecule has 9 rings (SSSR count). The molecule has 0 aliphatic heterocycles. The molecule has 0 unspecified atom stereocenters. The Bertz CT molecular complexity index is 2410. The zero-order chi connectivity index (χ0) is 29.0. The Balaban J connectivity index is 1.36. The second-order valence-corrected chi connectivity index (χ2v) is 11.4. The first-order valence-corrected chi connectivity index (χ1v) is 14.9. The van der Waals surface area contributed by atoms with E-state index in [1.54, 1.807) is 36.3 Å². The van der Waals surface area contributed by atoms with Crippen molar-refractivity contribution in [2.75, 3.05) is 0 Å². The van der Waals surface area contributed by atoms with Gasteiger partial charge in [-0.3, -0.25) is 4.98 Å². The van der Waals surface area contributed by atoms with Crippen molar-refractivity contribution in [3.05, 3.63) is 128 Å². The third-order valence-electron chi connectivity index (χ3n) is 7.85. The van der Waals surface area contributed by atoms with Gasteiger partial charge in [0.15, 0.2) is 0 Å². The molecule has 0 bridgehead atoms. The predicted octanol–water partition coefficient (Wildman–Crippen LogP) is 9.43. The standard InChI is InChI=1S/C36H21N5O2S/c1-2-7-33-29(6-1)40-36(44-33)24-9-11-25-27-19-23(34-38-15-17-42-34)10-13-30(27)41(31(25)21-24)32-20-22(28-5-3-4-14-37-28)8-12-26(32)35-39-16-18-43-35/h1-21H. The minimum absolute atomic E-state index is 0.543. The maximum atomic E-state index is 5.85. The highest BCUT2D eigenvalue weighted by Crippen LogP contribution is 2.41. The highest BCUT2D eigenvalue weighted by atomic mass is 32.1. The van der Waals surface area contributed by atoms with Crippen molar-refractivity contribution >= 4 is 43.4 Å². The molecule has 44 heavy (non-hydrogen) atoms. The van der Waals surface area contributed by atoms with E-state index in [1.807, 2.05) is 36.5 Å². The molecule has 0 amide bonds. The van der Waals surface area contributed by atoms with Gasteiger partial charge in [0, 0.05) is 33.7 Å². The fraction of sp³-hybridized carbons (Fsp3) is 0. The van der Waals surface area contributed by atoms with E-state index in [0.717, 1.165) is 70.7 Å². The lowest BCUT2D eigenvalue weighted by Gasteiger charge is -2.14. The van der Waals surface area contributed by atoms with Gasteiger partial charge < -0.3 is 13.4 Å². The SMILES string of the molecule is c1ccc(-c2ccc(-c3ncco3)c(-n3c4ccc(-c5ncco5)cc4c4ccc(-c5nc6ccccc6s5)cc43)c2)nc1. The van der Waals surface area contributed by atoms with Gasteiger partial charge in [-0.15, -0.1) is 11.3 Å². The van der Waals surface area contributed by atoms with E-state index in [-0.39, 0.29) is 0 Å². The molecule has 0 N–H and O–H groups in total. The van der Waals surface area contributed by atoms with Gasteiger partial charge in [0.25, 0.3) is 0 Å². The average Bonchev–Trinajstić information content (AvgIpc) is 3.90. The summed E-state index contributed by atoms with van der Waals surface area (Å²) in [5.41, 5.74) is 8.70. The van der Waals surface area contributed by atoms with Gasteiger partial charge in [0.2, 0.25) is 11.8 Å². The average molecular weight is 588 g/mol. The summed E-state index contributed by atoms with van der Waals surface area (Å²) in [6.07, 6.45) is 8.35. The van der Waals surface area contributed by atoms with Crippen LogP contribution in [0.4, 0.5) is 0 Å². The summed E-state index contributed by atoms with van der Waals surface area (Å²) in [5.74, 6) is 1.12. The Hall–Kier alpha value is -5.86. The molecule has 0 saturated carbocycles. The van der Waals surface area contributed by atoms with Crippen molar-refractivity contribution in [2.24, 2.45) is 0 Å². The van der Waals surface area contributed by atoms with E-state index in [1.165, 1.54) is 0 Å². The maximum absolute atomic E-state index is 5.85. The number of rotatable bonds is 5. The Morgan fingerprint density at radius 3 is 2.23 bits per heavy atom. The second kappa shape index (κ2) is 9.86. The number of oxazole rings is 2. The first kappa shape index (κ1) is 24.7. The van der Waals surface area contributed by atoms with Crippen LogP contribution in [0.3, 0.4) is 0 Å². The van der Waals surface area contributed by atoms with Gasteiger partial charge in [0.05, 0.1) is 50.6 Å². The molecule has 5 heterocycles. The number of para-hydroxylation sites is 1. The number of nitrogens with zero attached hydrogens (tertiary/aromatic N) is 5. The van der Waals surface area contributed by atoms with E-state index >= 15 is 0 Å². The van der Waals surface area contributed by atoms with Gasteiger partial charge in [-0.05, 0) is 60.7 Å². The van der Waals surface area contributed by atoms with Crippen LogP contribution in [0.15, 0.2) is 137 Å². The van der Waals surface area contributed by atoms with E-state index < -0.39 is 0 Å². The van der Waals surface area contributed by atoms with Crippen molar-refractivity contribution in [3.8, 4) is 50.4 Å².